The Balaban J connectivity index is 2.81. The lowest BCUT2D eigenvalue weighted by atomic mass is 10.00. The first kappa shape index (κ1) is 13.4. The average Bonchev–Trinajstić information content (AvgIpc) is 2.16. The number of hydrogen-bond donors (Lipinski definition) is 1. The first-order chi connectivity index (χ1) is 7.52. The number of hydrogen-bond acceptors (Lipinski definition) is 1. The van der Waals surface area contributed by atoms with Gasteiger partial charge in [-0.2, -0.15) is 0 Å². The standard InChI is InChI=1S/C13H17BrFN/c1-9(2)4-5-13(16-3)10-6-11(14)8-12(15)7-10/h6-8,13,16H,1,4-5H2,2-3H3. The fourth-order valence-electron chi connectivity index (χ4n) is 1.64. The van der Waals surface area contributed by atoms with E-state index in [0.29, 0.717) is 0 Å². The monoisotopic (exact) mass is 285 g/mol. The van der Waals surface area contributed by atoms with Crippen LogP contribution in [0.15, 0.2) is 34.8 Å². The summed E-state index contributed by atoms with van der Waals surface area (Å²) >= 11 is 3.31. The lowest BCUT2D eigenvalue weighted by molar-refractivity contribution is 0.541. The molecule has 0 heterocycles. The van der Waals surface area contributed by atoms with Gasteiger partial charge in [0.15, 0.2) is 0 Å². The molecule has 1 aromatic rings. The predicted octanol–water partition coefficient (Wildman–Crippen LogP) is 4.21. The van der Waals surface area contributed by atoms with Crippen LogP contribution in [0.1, 0.15) is 31.4 Å². The molecule has 0 aromatic heterocycles. The van der Waals surface area contributed by atoms with Crippen molar-refractivity contribution in [2.45, 2.75) is 25.8 Å². The van der Waals surface area contributed by atoms with Crippen LogP contribution in [0.25, 0.3) is 0 Å². The van der Waals surface area contributed by atoms with Gasteiger partial charge < -0.3 is 5.32 Å². The molecule has 1 rings (SSSR count). The van der Waals surface area contributed by atoms with E-state index >= 15 is 0 Å². The second kappa shape index (κ2) is 6.16. The largest absolute Gasteiger partial charge is 0.313 e. The highest BCUT2D eigenvalue weighted by Gasteiger charge is 2.10. The zero-order chi connectivity index (χ0) is 12.1. The number of nitrogens with one attached hydrogen (secondary N) is 1. The molecule has 1 atom stereocenters. The fraction of sp³-hybridized carbons (Fsp3) is 0.385. The van der Waals surface area contributed by atoms with Crippen molar-refractivity contribution in [2.24, 2.45) is 0 Å². The van der Waals surface area contributed by atoms with Gasteiger partial charge in [-0.3, -0.25) is 0 Å². The van der Waals surface area contributed by atoms with Crippen molar-refractivity contribution >= 4 is 15.9 Å². The van der Waals surface area contributed by atoms with Crippen LogP contribution in [0.4, 0.5) is 4.39 Å². The van der Waals surface area contributed by atoms with Crippen molar-refractivity contribution in [3.05, 3.63) is 46.2 Å². The highest BCUT2D eigenvalue weighted by Crippen LogP contribution is 2.24. The minimum Gasteiger partial charge on any atom is -0.313 e. The van der Waals surface area contributed by atoms with Crippen molar-refractivity contribution in [3.8, 4) is 0 Å². The van der Waals surface area contributed by atoms with Gasteiger partial charge in [0.25, 0.3) is 0 Å². The van der Waals surface area contributed by atoms with Gasteiger partial charge in [0.2, 0.25) is 0 Å². The van der Waals surface area contributed by atoms with Gasteiger partial charge >= 0.3 is 0 Å². The molecule has 0 aliphatic rings. The lowest BCUT2D eigenvalue weighted by Gasteiger charge is -2.17. The van der Waals surface area contributed by atoms with Gasteiger partial charge in [-0.05, 0) is 50.6 Å². The molecule has 0 saturated carbocycles. The first-order valence-electron chi connectivity index (χ1n) is 5.30. The molecule has 16 heavy (non-hydrogen) atoms. The van der Waals surface area contributed by atoms with E-state index in [4.69, 9.17) is 0 Å². The van der Waals surface area contributed by atoms with E-state index in [-0.39, 0.29) is 11.9 Å². The summed E-state index contributed by atoms with van der Waals surface area (Å²) in [6.07, 6.45) is 1.88. The van der Waals surface area contributed by atoms with Gasteiger partial charge in [0.1, 0.15) is 5.82 Å². The Kier molecular flexibility index (Phi) is 5.16. The van der Waals surface area contributed by atoms with Crippen molar-refractivity contribution in [1.82, 2.24) is 5.32 Å². The SMILES string of the molecule is C=C(C)CCC(NC)c1cc(F)cc(Br)c1. The molecule has 3 heteroatoms. The highest BCUT2D eigenvalue weighted by atomic mass is 79.9. The maximum atomic E-state index is 13.2. The van der Waals surface area contributed by atoms with E-state index in [1.165, 1.54) is 6.07 Å². The Morgan fingerprint density at radius 3 is 2.69 bits per heavy atom. The van der Waals surface area contributed by atoms with Crippen LogP contribution in [-0.2, 0) is 0 Å². The first-order valence-corrected chi connectivity index (χ1v) is 6.10. The second-order valence-electron chi connectivity index (χ2n) is 4.04. The third-order valence-corrected chi connectivity index (χ3v) is 2.95. The normalized spacial score (nSPS) is 12.5. The molecule has 1 aromatic carbocycles. The molecule has 0 fully saturated rings. The molecule has 0 amide bonds. The fourth-order valence-corrected chi connectivity index (χ4v) is 2.13. The molecule has 0 saturated heterocycles. The summed E-state index contributed by atoms with van der Waals surface area (Å²) in [5, 5.41) is 3.20. The number of allylic oxidation sites excluding steroid dienone is 1. The molecule has 0 radical (unpaired) electrons. The van der Waals surface area contributed by atoms with Crippen LogP contribution < -0.4 is 5.32 Å². The molecule has 0 aliphatic carbocycles. The minimum atomic E-state index is -0.208. The van der Waals surface area contributed by atoms with Crippen molar-refractivity contribution in [2.75, 3.05) is 7.05 Å². The van der Waals surface area contributed by atoms with Gasteiger partial charge in [-0.1, -0.05) is 21.5 Å². The molecule has 1 nitrogen and oxygen atoms in total. The highest BCUT2D eigenvalue weighted by molar-refractivity contribution is 9.10. The van der Waals surface area contributed by atoms with Crippen LogP contribution in [0.5, 0.6) is 0 Å². The van der Waals surface area contributed by atoms with Crippen LogP contribution in [0.2, 0.25) is 0 Å². The maximum absolute atomic E-state index is 13.2. The van der Waals surface area contributed by atoms with Crippen LogP contribution >= 0.6 is 15.9 Å². The summed E-state index contributed by atoms with van der Waals surface area (Å²) in [4.78, 5) is 0. The Morgan fingerprint density at radius 2 is 2.19 bits per heavy atom. The van der Waals surface area contributed by atoms with Crippen molar-refractivity contribution in [1.29, 1.82) is 0 Å². The number of rotatable bonds is 5. The quantitative estimate of drug-likeness (QED) is 0.800. The smallest absolute Gasteiger partial charge is 0.124 e. The summed E-state index contributed by atoms with van der Waals surface area (Å²) < 4.78 is 14.0. The third kappa shape index (κ3) is 4.06. The molecule has 88 valence electrons. The lowest BCUT2D eigenvalue weighted by Crippen LogP contribution is -2.16. The number of halogens is 2. The topological polar surface area (TPSA) is 12.0 Å². The summed E-state index contributed by atoms with van der Waals surface area (Å²) in [5.74, 6) is -0.208. The molecule has 0 bridgehead atoms. The summed E-state index contributed by atoms with van der Waals surface area (Å²) in [6.45, 7) is 5.89. The third-order valence-electron chi connectivity index (χ3n) is 2.50. The Hall–Kier alpha value is -0.670. The molecular formula is C13H17BrFN. The van der Waals surface area contributed by atoms with E-state index in [1.54, 1.807) is 6.07 Å². The van der Waals surface area contributed by atoms with E-state index < -0.39 is 0 Å². The average molecular weight is 286 g/mol. The van der Waals surface area contributed by atoms with Crippen LogP contribution in [-0.4, -0.2) is 7.05 Å². The molecule has 1 unspecified atom stereocenters. The predicted molar refractivity (Wildman–Crippen MR) is 69.9 cm³/mol. The molecule has 1 N–H and O–H groups in total. The van der Waals surface area contributed by atoms with Gasteiger partial charge in [0, 0.05) is 10.5 Å². The van der Waals surface area contributed by atoms with Gasteiger partial charge in [0.05, 0.1) is 0 Å². The van der Waals surface area contributed by atoms with Crippen molar-refractivity contribution in [3.63, 3.8) is 0 Å². The molecule has 0 spiro atoms. The number of benzene rings is 1. The Morgan fingerprint density at radius 1 is 1.50 bits per heavy atom. The maximum Gasteiger partial charge on any atom is 0.124 e. The van der Waals surface area contributed by atoms with E-state index in [1.807, 2.05) is 20.0 Å². The van der Waals surface area contributed by atoms with Gasteiger partial charge in [-0.15, -0.1) is 6.58 Å². The summed E-state index contributed by atoms with van der Waals surface area (Å²) in [5.41, 5.74) is 2.12. The minimum absolute atomic E-state index is 0.170. The zero-order valence-electron chi connectivity index (χ0n) is 9.69. The van der Waals surface area contributed by atoms with Crippen LogP contribution in [0.3, 0.4) is 0 Å². The summed E-state index contributed by atoms with van der Waals surface area (Å²) in [7, 11) is 1.89. The van der Waals surface area contributed by atoms with E-state index in [0.717, 1.165) is 28.5 Å². The second-order valence-corrected chi connectivity index (χ2v) is 4.96. The molecule has 0 aliphatic heterocycles. The van der Waals surface area contributed by atoms with Crippen LogP contribution in [0, 0.1) is 5.82 Å². The Bertz CT molecular complexity index is 356. The molecular weight excluding hydrogens is 269 g/mol. The zero-order valence-corrected chi connectivity index (χ0v) is 11.3. The van der Waals surface area contributed by atoms with E-state index in [9.17, 15) is 4.39 Å². The Labute approximate surface area is 105 Å². The van der Waals surface area contributed by atoms with Gasteiger partial charge in [-0.25, -0.2) is 4.39 Å². The van der Waals surface area contributed by atoms with Crippen molar-refractivity contribution < 1.29 is 4.39 Å². The van der Waals surface area contributed by atoms with E-state index in [2.05, 4.69) is 27.8 Å². The summed E-state index contributed by atoms with van der Waals surface area (Å²) in [6, 6.07) is 5.16.